The van der Waals surface area contributed by atoms with Crippen molar-refractivity contribution in [1.82, 2.24) is 19.3 Å². The minimum Gasteiger partial charge on any atom is -0.312 e. The summed E-state index contributed by atoms with van der Waals surface area (Å²) in [4.78, 5) is 4.81. The molecule has 2 aromatic rings. The van der Waals surface area contributed by atoms with Crippen molar-refractivity contribution in [3.63, 3.8) is 0 Å². The fourth-order valence-electron chi connectivity index (χ4n) is 3.25. The van der Waals surface area contributed by atoms with Gasteiger partial charge in [0.2, 0.25) is 0 Å². The molecule has 0 bridgehead atoms. The number of alkyl halides is 1. The number of rotatable bonds is 5. The SMILES string of the molecule is CCn1nc(C)c2nc(CCCl)n(CC3(C)CCC3)c21. The summed E-state index contributed by atoms with van der Waals surface area (Å²) in [6.07, 6.45) is 4.80. The summed E-state index contributed by atoms with van der Waals surface area (Å²) in [6.45, 7) is 8.48. The summed E-state index contributed by atoms with van der Waals surface area (Å²) in [7, 11) is 0. The molecule has 1 saturated carbocycles. The number of aromatic nitrogens is 4. The van der Waals surface area contributed by atoms with Gasteiger partial charge in [-0.05, 0) is 32.1 Å². The normalized spacial score (nSPS) is 17.6. The monoisotopic (exact) mass is 294 g/mol. The maximum absolute atomic E-state index is 5.96. The largest absolute Gasteiger partial charge is 0.312 e. The van der Waals surface area contributed by atoms with E-state index in [-0.39, 0.29) is 0 Å². The first kappa shape index (κ1) is 13.9. The van der Waals surface area contributed by atoms with Gasteiger partial charge in [0.25, 0.3) is 0 Å². The number of imidazole rings is 1. The molecular weight excluding hydrogens is 272 g/mol. The minimum atomic E-state index is 0.422. The van der Waals surface area contributed by atoms with Gasteiger partial charge in [-0.25, -0.2) is 9.67 Å². The Kier molecular flexibility index (Phi) is 3.53. The van der Waals surface area contributed by atoms with E-state index in [0.717, 1.165) is 36.5 Å². The Morgan fingerprint density at radius 2 is 2.10 bits per heavy atom. The van der Waals surface area contributed by atoms with Crippen LogP contribution in [0.1, 0.15) is 44.6 Å². The minimum absolute atomic E-state index is 0.422. The zero-order valence-electron chi connectivity index (χ0n) is 12.6. The first-order chi connectivity index (χ1) is 9.58. The fraction of sp³-hybridized carbons (Fsp3) is 0.733. The van der Waals surface area contributed by atoms with Crippen LogP contribution in [0.15, 0.2) is 0 Å². The maximum atomic E-state index is 5.96. The Hall–Kier alpha value is -1.03. The summed E-state index contributed by atoms with van der Waals surface area (Å²) in [6, 6.07) is 0. The molecule has 0 aliphatic heterocycles. The van der Waals surface area contributed by atoms with Gasteiger partial charge in [-0.1, -0.05) is 13.3 Å². The van der Waals surface area contributed by atoms with Gasteiger partial charge in [0, 0.05) is 25.4 Å². The van der Waals surface area contributed by atoms with Crippen LogP contribution in [-0.4, -0.2) is 25.2 Å². The highest BCUT2D eigenvalue weighted by atomic mass is 35.5. The molecule has 0 unspecified atom stereocenters. The van der Waals surface area contributed by atoms with Crippen LogP contribution in [0.2, 0.25) is 0 Å². The first-order valence-corrected chi connectivity index (χ1v) is 8.10. The van der Waals surface area contributed by atoms with Crippen LogP contribution in [0.4, 0.5) is 0 Å². The number of nitrogens with zero attached hydrogens (tertiary/aromatic N) is 4. The fourth-order valence-corrected chi connectivity index (χ4v) is 3.42. The van der Waals surface area contributed by atoms with Gasteiger partial charge in [0.15, 0.2) is 5.65 Å². The van der Waals surface area contributed by atoms with Crippen molar-refractivity contribution >= 4 is 22.8 Å². The van der Waals surface area contributed by atoms with Crippen LogP contribution in [0, 0.1) is 12.3 Å². The van der Waals surface area contributed by atoms with Crippen molar-refractivity contribution in [2.75, 3.05) is 5.88 Å². The van der Waals surface area contributed by atoms with E-state index in [4.69, 9.17) is 16.6 Å². The number of halogens is 1. The molecule has 0 aromatic carbocycles. The third-order valence-electron chi connectivity index (χ3n) is 4.60. The smallest absolute Gasteiger partial charge is 0.158 e. The summed E-state index contributed by atoms with van der Waals surface area (Å²) in [5, 5.41) is 4.60. The van der Waals surface area contributed by atoms with E-state index >= 15 is 0 Å². The molecule has 0 amide bonds. The molecule has 4 nitrogen and oxygen atoms in total. The molecular formula is C15H23ClN4. The lowest BCUT2D eigenvalue weighted by molar-refractivity contribution is 0.132. The van der Waals surface area contributed by atoms with Gasteiger partial charge in [0.1, 0.15) is 11.3 Å². The van der Waals surface area contributed by atoms with Crippen molar-refractivity contribution in [1.29, 1.82) is 0 Å². The highest BCUT2D eigenvalue weighted by Gasteiger charge is 2.34. The summed E-state index contributed by atoms with van der Waals surface area (Å²) in [5.74, 6) is 1.74. The second-order valence-electron chi connectivity index (χ2n) is 6.29. The lowest BCUT2D eigenvalue weighted by Gasteiger charge is -2.39. The molecule has 0 spiro atoms. The van der Waals surface area contributed by atoms with Crippen LogP contribution in [-0.2, 0) is 19.5 Å². The Morgan fingerprint density at radius 1 is 1.35 bits per heavy atom. The highest BCUT2D eigenvalue weighted by Crippen LogP contribution is 2.42. The van der Waals surface area contributed by atoms with Crippen molar-refractivity contribution in [2.24, 2.45) is 5.41 Å². The molecule has 0 saturated heterocycles. The quantitative estimate of drug-likeness (QED) is 0.791. The van der Waals surface area contributed by atoms with E-state index in [0.29, 0.717) is 11.3 Å². The van der Waals surface area contributed by atoms with E-state index in [1.807, 2.05) is 6.92 Å². The van der Waals surface area contributed by atoms with Crippen LogP contribution in [0.25, 0.3) is 11.2 Å². The third kappa shape index (κ3) is 2.14. The second-order valence-corrected chi connectivity index (χ2v) is 6.67. The van der Waals surface area contributed by atoms with E-state index in [2.05, 4.69) is 28.2 Å². The molecule has 5 heteroatoms. The van der Waals surface area contributed by atoms with Crippen molar-refractivity contribution < 1.29 is 0 Å². The zero-order valence-corrected chi connectivity index (χ0v) is 13.4. The molecule has 1 aliphatic carbocycles. The molecule has 1 aliphatic rings. The Bertz CT molecular complexity index is 621. The maximum Gasteiger partial charge on any atom is 0.158 e. The van der Waals surface area contributed by atoms with E-state index < -0.39 is 0 Å². The molecule has 0 atom stereocenters. The Balaban J connectivity index is 2.11. The van der Waals surface area contributed by atoms with Crippen LogP contribution >= 0.6 is 11.6 Å². The molecule has 0 N–H and O–H groups in total. The number of fused-ring (bicyclic) bond motifs is 1. The van der Waals surface area contributed by atoms with Crippen molar-refractivity contribution in [3.05, 3.63) is 11.5 Å². The lowest BCUT2D eigenvalue weighted by atomic mass is 9.70. The van der Waals surface area contributed by atoms with E-state index in [1.54, 1.807) is 0 Å². The van der Waals surface area contributed by atoms with Crippen LogP contribution in [0.5, 0.6) is 0 Å². The Morgan fingerprint density at radius 3 is 2.65 bits per heavy atom. The van der Waals surface area contributed by atoms with Gasteiger partial charge in [-0.3, -0.25) is 0 Å². The Labute approximate surface area is 125 Å². The first-order valence-electron chi connectivity index (χ1n) is 7.56. The summed E-state index contributed by atoms with van der Waals surface area (Å²) in [5.41, 5.74) is 3.68. The predicted molar refractivity (Wildman–Crippen MR) is 82.3 cm³/mol. The molecule has 2 heterocycles. The lowest BCUT2D eigenvalue weighted by Crippen LogP contribution is -2.31. The second kappa shape index (κ2) is 5.06. The third-order valence-corrected chi connectivity index (χ3v) is 4.78. The van der Waals surface area contributed by atoms with E-state index in [1.165, 1.54) is 24.9 Å². The summed E-state index contributed by atoms with van der Waals surface area (Å²) < 4.78 is 4.46. The molecule has 110 valence electrons. The van der Waals surface area contributed by atoms with Gasteiger partial charge in [0.05, 0.1) is 5.69 Å². The van der Waals surface area contributed by atoms with Gasteiger partial charge in [-0.2, -0.15) is 5.10 Å². The van der Waals surface area contributed by atoms with Gasteiger partial charge >= 0.3 is 0 Å². The zero-order chi connectivity index (χ0) is 14.3. The molecule has 2 aromatic heterocycles. The average molecular weight is 295 g/mol. The molecule has 3 rings (SSSR count). The number of hydrogen-bond donors (Lipinski definition) is 0. The molecule has 20 heavy (non-hydrogen) atoms. The van der Waals surface area contributed by atoms with Crippen LogP contribution < -0.4 is 0 Å². The topological polar surface area (TPSA) is 35.6 Å². The predicted octanol–water partition coefficient (Wildman–Crippen LogP) is 3.53. The molecule has 0 radical (unpaired) electrons. The van der Waals surface area contributed by atoms with E-state index in [9.17, 15) is 0 Å². The van der Waals surface area contributed by atoms with Crippen molar-refractivity contribution in [2.45, 2.75) is 59.5 Å². The van der Waals surface area contributed by atoms with Gasteiger partial charge in [-0.15, -0.1) is 11.6 Å². The van der Waals surface area contributed by atoms with Crippen LogP contribution in [0.3, 0.4) is 0 Å². The summed E-state index contributed by atoms with van der Waals surface area (Å²) >= 11 is 5.96. The highest BCUT2D eigenvalue weighted by molar-refractivity contribution is 6.17. The number of aryl methyl sites for hydroxylation is 3. The van der Waals surface area contributed by atoms with Gasteiger partial charge < -0.3 is 4.57 Å². The van der Waals surface area contributed by atoms with Crippen molar-refractivity contribution in [3.8, 4) is 0 Å². The molecule has 1 fully saturated rings. The standard InChI is InChI=1S/C15H23ClN4/c1-4-20-14-13(11(2)18-20)17-12(6-9-16)19(14)10-15(3)7-5-8-15/h4-10H2,1-3H3. The number of hydrogen-bond acceptors (Lipinski definition) is 2. The average Bonchev–Trinajstić information content (AvgIpc) is 2.88.